The molecular weight excluding hydrogens is 426 g/mol. The normalized spacial score (nSPS) is 11.5. The van der Waals surface area contributed by atoms with Crippen molar-refractivity contribution < 1.29 is 27.6 Å². The molecule has 1 N–H and O–H groups in total. The van der Waals surface area contributed by atoms with Gasteiger partial charge in [0, 0.05) is 20.6 Å². The Labute approximate surface area is 178 Å². The van der Waals surface area contributed by atoms with Gasteiger partial charge in [-0.1, -0.05) is 17.0 Å². The standard InChI is InChI=1S/C19H21N5O6S/c1-23(2)31(27,28)15-8-9-16-17(10-15)24(22-21-16)30-12-18(25)20-11-13-4-6-14(7-5-13)19(26)29-3/h4-10H,11-12H2,1-3H3,(H,20,25). The van der Waals surface area contributed by atoms with Crippen molar-refractivity contribution >= 4 is 32.9 Å². The van der Waals surface area contributed by atoms with E-state index in [1.807, 2.05) is 0 Å². The van der Waals surface area contributed by atoms with Crippen LogP contribution in [0, 0.1) is 0 Å². The Kier molecular flexibility index (Phi) is 6.51. The summed E-state index contributed by atoms with van der Waals surface area (Å²) in [6.07, 6.45) is 0. The van der Waals surface area contributed by atoms with E-state index in [1.165, 1.54) is 39.4 Å². The average Bonchev–Trinajstić information content (AvgIpc) is 3.18. The first-order valence-corrected chi connectivity index (χ1v) is 10.5. The molecule has 0 aliphatic carbocycles. The fourth-order valence-corrected chi connectivity index (χ4v) is 3.51. The predicted octanol–water partition coefficient (Wildman–Crippen LogP) is 0.213. The molecule has 0 fully saturated rings. The molecule has 1 heterocycles. The highest BCUT2D eigenvalue weighted by molar-refractivity contribution is 7.89. The van der Waals surface area contributed by atoms with E-state index in [4.69, 9.17) is 4.84 Å². The second-order valence-corrected chi connectivity index (χ2v) is 8.79. The van der Waals surface area contributed by atoms with Gasteiger partial charge in [-0.15, -0.1) is 5.10 Å². The van der Waals surface area contributed by atoms with Gasteiger partial charge in [-0.2, -0.15) is 0 Å². The van der Waals surface area contributed by atoms with Crippen LogP contribution in [0.1, 0.15) is 15.9 Å². The van der Waals surface area contributed by atoms with Gasteiger partial charge in [0.15, 0.2) is 6.61 Å². The van der Waals surface area contributed by atoms with Crippen molar-refractivity contribution in [1.29, 1.82) is 0 Å². The van der Waals surface area contributed by atoms with Gasteiger partial charge in [-0.3, -0.25) is 4.79 Å². The molecule has 0 radical (unpaired) electrons. The predicted molar refractivity (Wildman–Crippen MR) is 109 cm³/mol. The van der Waals surface area contributed by atoms with Crippen molar-refractivity contribution in [2.75, 3.05) is 27.8 Å². The molecule has 0 unspecified atom stereocenters. The summed E-state index contributed by atoms with van der Waals surface area (Å²) in [5.74, 6) is -0.858. The van der Waals surface area contributed by atoms with Crippen LogP contribution in [0.25, 0.3) is 11.0 Å². The van der Waals surface area contributed by atoms with Gasteiger partial charge in [0.1, 0.15) is 11.0 Å². The van der Waals surface area contributed by atoms with Crippen LogP contribution < -0.4 is 10.2 Å². The minimum Gasteiger partial charge on any atom is -0.465 e. The molecule has 0 aliphatic heterocycles. The molecule has 0 saturated carbocycles. The lowest BCUT2D eigenvalue weighted by Gasteiger charge is -2.11. The van der Waals surface area contributed by atoms with Crippen molar-refractivity contribution in [3.05, 3.63) is 53.6 Å². The second-order valence-electron chi connectivity index (χ2n) is 6.64. The first-order valence-electron chi connectivity index (χ1n) is 9.07. The van der Waals surface area contributed by atoms with Crippen LogP contribution in [-0.2, 0) is 26.1 Å². The second kappa shape index (κ2) is 9.10. The van der Waals surface area contributed by atoms with Crippen molar-refractivity contribution in [3.63, 3.8) is 0 Å². The summed E-state index contributed by atoms with van der Waals surface area (Å²) >= 11 is 0. The summed E-state index contributed by atoms with van der Waals surface area (Å²) in [7, 11) is 0.518. The average molecular weight is 447 g/mol. The number of esters is 1. The highest BCUT2D eigenvalue weighted by Crippen LogP contribution is 2.19. The Morgan fingerprint density at radius 1 is 1.13 bits per heavy atom. The number of amides is 1. The van der Waals surface area contributed by atoms with E-state index in [-0.39, 0.29) is 18.0 Å². The first kappa shape index (κ1) is 22.2. The van der Waals surface area contributed by atoms with Gasteiger partial charge in [0.2, 0.25) is 10.0 Å². The Hall–Kier alpha value is -3.51. The number of ether oxygens (including phenoxy) is 1. The van der Waals surface area contributed by atoms with E-state index in [2.05, 4.69) is 20.4 Å². The summed E-state index contributed by atoms with van der Waals surface area (Å²) in [6, 6.07) is 10.9. The highest BCUT2D eigenvalue weighted by atomic mass is 32.2. The molecule has 3 aromatic rings. The summed E-state index contributed by atoms with van der Waals surface area (Å²) in [5, 5.41) is 10.4. The Morgan fingerprint density at radius 3 is 2.48 bits per heavy atom. The van der Waals surface area contributed by atoms with Gasteiger partial charge < -0.3 is 14.9 Å². The maximum atomic E-state index is 12.3. The highest BCUT2D eigenvalue weighted by Gasteiger charge is 2.19. The number of nitrogens with zero attached hydrogens (tertiary/aromatic N) is 4. The molecular formula is C19H21N5O6S. The van der Waals surface area contributed by atoms with Gasteiger partial charge in [-0.05, 0) is 41.1 Å². The van der Waals surface area contributed by atoms with Gasteiger partial charge in [0.05, 0.1) is 17.6 Å². The van der Waals surface area contributed by atoms with Crippen LogP contribution in [0.3, 0.4) is 0 Å². The zero-order valence-corrected chi connectivity index (χ0v) is 17.9. The number of fused-ring (bicyclic) bond motifs is 1. The lowest BCUT2D eigenvalue weighted by molar-refractivity contribution is -0.126. The van der Waals surface area contributed by atoms with Crippen molar-refractivity contribution in [2.45, 2.75) is 11.4 Å². The van der Waals surface area contributed by atoms with Crippen LogP contribution in [0.5, 0.6) is 0 Å². The number of carbonyl (C=O) groups excluding carboxylic acids is 2. The zero-order chi connectivity index (χ0) is 22.6. The fraction of sp³-hybridized carbons (Fsp3) is 0.263. The Balaban J connectivity index is 1.62. The van der Waals surface area contributed by atoms with E-state index >= 15 is 0 Å². The van der Waals surface area contributed by atoms with E-state index in [9.17, 15) is 18.0 Å². The third kappa shape index (κ3) is 4.98. The molecule has 0 saturated heterocycles. The molecule has 0 spiro atoms. The number of nitrogens with one attached hydrogen (secondary N) is 1. The van der Waals surface area contributed by atoms with Crippen LogP contribution >= 0.6 is 0 Å². The van der Waals surface area contributed by atoms with Crippen LogP contribution in [0.4, 0.5) is 0 Å². The number of rotatable bonds is 8. The van der Waals surface area contributed by atoms with Crippen molar-refractivity contribution in [3.8, 4) is 0 Å². The van der Waals surface area contributed by atoms with E-state index in [1.54, 1.807) is 24.3 Å². The van der Waals surface area contributed by atoms with E-state index in [0.717, 1.165) is 14.7 Å². The maximum absolute atomic E-state index is 12.3. The van der Waals surface area contributed by atoms with Crippen LogP contribution in [0.15, 0.2) is 47.4 Å². The number of sulfonamides is 1. The van der Waals surface area contributed by atoms with Crippen molar-refractivity contribution in [2.24, 2.45) is 0 Å². The number of benzene rings is 2. The number of carbonyl (C=O) groups is 2. The maximum Gasteiger partial charge on any atom is 0.337 e. The summed E-state index contributed by atoms with van der Waals surface area (Å²) < 4.78 is 30.4. The number of hydrogen-bond donors (Lipinski definition) is 1. The molecule has 0 bridgehead atoms. The van der Waals surface area contributed by atoms with Crippen molar-refractivity contribution in [1.82, 2.24) is 24.8 Å². The molecule has 12 heteroatoms. The molecule has 0 atom stereocenters. The third-order valence-corrected chi connectivity index (χ3v) is 6.16. The summed E-state index contributed by atoms with van der Waals surface area (Å²) in [4.78, 5) is 30.0. The minimum atomic E-state index is -3.64. The minimum absolute atomic E-state index is 0.0528. The molecule has 1 aromatic heterocycles. The van der Waals surface area contributed by atoms with Gasteiger partial charge in [0.25, 0.3) is 5.91 Å². The van der Waals surface area contributed by atoms with Gasteiger partial charge >= 0.3 is 5.97 Å². The number of methoxy groups -OCH3 is 1. The quantitative estimate of drug-likeness (QED) is 0.485. The smallest absolute Gasteiger partial charge is 0.337 e. The largest absolute Gasteiger partial charge is 0.465 e. The topological polar surface area (TPSA) is 133 Å². The lowest BCUT2D eigenvalue weighted by Crippen LogP contribution is -2.31. The lowest BCUT2D eigenvalue weighted by atomic mass is 10.1. The third-order valence-electron chi connectivity index (χ3n) is 4.35. The molecule has 11 nitrogen and oxygen atoms in total. The fourth-order valence-electron chi connectivity index (χ4n) is 2.59. The Bertz CT molecular complexity index is 1200. The summed E-state index contributed by atoms with van der Waals surface area (Å²) in [6.45, 7) is -0.129. The molecule has 1 amide bonds. The number of hydrogen-bond acceptors (Lipinski definition) is 8. The van der Waals surface area contributed by atoms with Crippen LogP contribution in [0.2, 0.25) is 0 Å². The van der Waals surface area contributed by atoms with Gasteiger partial charge in [-0.25, -0.2) is 17.5 Å². The molecule has 0 aliphatic rings. The Morgan fingerprint density at radius 2 is 1.84 bits per heavy atom. The summed E-state index contributed by atoms with van der Waals surface area (Å²) in [5.41, 5.74) is 1.93. The molecule has 2 aromatic carbocycles. The monoisotopic (exact) mass is 447 g/mol. The SMILES string of the molecule is COC(=O)c1ccc(CNC(=O)COn2nnc3ccc(S(=O)(=O)N(C)C)cc32)cc1. The zero-order valence-electron chi connectivity index (χ0n) is 17.1. The van der Waals surface area contributed by atoms with Crippen LogP contribution in [-0.4, -0.2) is 67.6 Å². The number of aromatic nitrogens is 3. The first-order chi connectivity index (χ1) is 14.7. The van der Waals surface area contributed by atoms with E-state index in [0.29, 0.717) is 16.6 Å². The molecule has 31 heavy (non-hydrogen) atoms. The molecule has 3 rings (SSSR count). The molecule has 164 valence electrons. The van der Waals surface area contributed by atoms with E-state index < -0.39 is 21.9 Å².